The van der Waals surface area contributed by atoms with Crippen molar-refractivity contribution in [2.24, 2.45) is 7.05 Å². The van der Waals surface area contributed by atoms with Gasteiger partial charge in [-0.2, -0.15) is 8.78 Å². The molecule has 0 aliphatic carbocycles. The lowest BCUT2D eigenvalue weighted by molar-refractivity contribution is -0.683. The standard InChI is InChI=1S/C17H15F2N3O2S/c1-22-14-5-3-2-4-13(14)21-17(22)25-10-15(23)20-11-6-8-12(9-7-11)24-16(18)19/h2-9,16H,10H2,1H3,(H,20,23)/p+1. The normalized spacial score (nSPS) is 11.0. The first kappa shape index (κ1) is 17.2. The number of aryl methyl sites for hydroxylation is 1. The first-order valence-electron chi connectivity index (χ1n) is 7.47. The molecule has 0 atom stereocenters. The number of fused-ring (bicyclic) bond motifs is 1. The number of ether oxygens (including phenoxy) is 1. The molecule has 3 rings (SSSR count). The van der Waals surface area contributed by atoms with Crippen molar-refractivity contribution in [3.8, 4) is 5.75 Å². The maximum Gasteiger partial charge on any atom is 0.387 e. The summed E-state index contributed by atoms with van der Waals surface area (Å²) in [6.45, 7) is -2.87. The first-order chi connectivity index (χ1) is 12.0. The summed E-state index contributed by atoms with van der Waals surface area (Å²) in [5.41, 5.74) is 2.58. The minimum atomic E-state index is -2.87. The van der Waals surface area contributed by atoms with Gasteiger partial charge in [-0.3, -0.25) is 4.79 Å². The van der Waals surface area contributed by atoms with Gasteiger partial charge in [-0.15, -0.1) is 0 Å². The number of imidazole rings is 1. The van der Waals surface area contributed by atoms with Gasteiger partial charge in [0.15, 0.2) is 11.0 Å². The Morgan fingerprint density at radius 3 is 2.64 bits per heavy atom. The van der Waals surface area contributed by atoms with Crippen LogP contribution in [0.5, 0.6) is 5.75 Å². The number of nitrogens with one attached hydrogen (secondary N) is 2. The first-order valence-corrected chi connectivity index (χ1v) is 8.46. The van der Waals surface area contributed by atoms with E-state index in [1.54, 1.807) is 0 Å². The molecule has 130 valence electrons. The van der Waals surface area contributed by atoms with Crippen LogP contribution in [0.25, 0.3) is 11.0 Å². The number of alkyl halides is 2. The molecule has 0 spiro atoms. The van der Waals surface area contributed by atoms with Gasteiger partial charge in [-0.25, -0.2) is 9.55 Å². The van der Waals surface area contributed by atoms with E-state index in [2.05, 4.69) is 15.0 Å². The number of anilines is 1. The van der Waals surface area contributed by atoms with Gasteiger partial charge < -0.3 is 10.1 Å². The summed E-state index contributed by atoms with van der Waals surface area (Å²) < 4.78 is 30.5. The molecule has 3 aromatic rings. The van der Waals surface area contributed by atoms with E-state index in [4.69, 9.17) is 0 Å². The highest BCUT2D eigenvalue weighted by Crippen LogP contribution is 2.19. The number of benzene rings is 2. The SMILES string of the molecule is C[n+]1c(SCC(=O)Nc2ccc(OC(F)F)cc2)[nH]c2ccccc21. The van der Waals surface area contributed by atoms with E-state index in [9.17, 15) is 13.6 Å². The summed E-state index contributed by atoms with van der Waals surface area (Å²) in [6, 6.07) is 13.7. The quantitative estimate of drug-likeness (QED) is 0.521. The number of H-pyrrole nitrogens is 1. The molecule has 0 fully saturated rings. The van der Waals surface area contributed by atoms with Gasteiger partial charge in [0.05, 0.1) is 12.8 Å². The highest BCUT2D eigenvalue weighted by Gasteiger charge is 2.16. The summed E-state index contributed by atoms with van der Waals surface area (Å²) in [7, 11) is 1.93. The van der Waals surface area contributed by atoms with E-state index in [-0.39, 0.29) is 17.4 Å². The summed E-state index contributed by atoms with van der Waals surface area (Å²) in [5.74, 6) is 0.0781. The average molecular weight is 364 g/mol. The Labute approximate surface area is 147 Å². The Bertz CT molecular complexity index is 881. The number of para-hydroxylation sites is 2. The van der Waals surface area contributed by atoms with Gasteiger partial charge in [0.25, 0.3) is 0 Å². The summed E-state index contributed by atoms with van der Waals surface area (Å²) in [6.07, 6.45) is 0. The third-order valence-corrected chi connectivity index (χ3v) is 4.57. The number of aromatic nitrogens is 2. The molecular formula is C17H16F2N3O2S+. The third-order valence-electron chi connectivity index (χ3n) is 3.51. The fourth-order valence-electron chi connectivity index (χ4n) is 2.36. The van der Waals surface area contributed by atoms with Crippen LogP contribution in [0, 0.1) is 0 Å². The van der Waals surface area contributed by atoms with E-state index in [1.165, 1.54) is 36.0 Å². The van der Waals surface area contributed by atoms with Crippen molar-refractivity contribution < 1.29 is 22.9 Å². The van der Waals surface area contributed by atoms with E-state index >= 15 is 0 Å². The minimum Gasteiger partial charge on any atom is -0.435 e. The fraction of sp³-hybridized carbons (Fsp3) is 0.176. The number of hydrogen-bond donors (Lipinski definition) is 2. The van der Waals surface area contributed by atoms with Crippen LogP contribution in [-0.4, -0.2) is 23.3 Å². The molecule has 25 heavy (non-hydrogen) atoms. The van der Waals surface area contributed by atoms with Crippen molar-refractivity contribution in [2.75, 3.05) is 11.1 Å². The van der Waals surface area contributed by atoms with Gasteiger partial charge in [0.2, 0.25) is 5.91 Å². The molecule has 0 aliphatic rings. The van der Waals surface area contributed by atoms with Crippen LogP contribution in [0.2, 0.25) is 0 Å². The molecule has 1 amide bonds. The van der Waals surface area contributed by atoms with Gasteiger partial charge in [0, 0.05) is 5.69 Å². The number of rotatable bonds is 6. The Hall–Kier alpha value is -2.61. The zero-order valence-corrected chi connectivity index (χ0v) is 14.1. The van der Waals surface area contributed by atoms with E-state index in [1.807, 2.05) is 35.9 Å². The van der Waals surface area contributed by atoms with Gasteiger partial charge in [0.1, 0.15) is 5.75 Å². The van der Waals surface area contributed by atoms with Crippen LogP contribution in [-0.2, 0) is 11.8 Å². The number of amides is 1. The Balaban J connectivity index is 1.58. The number of nitrogens with zero attached hydrogens (tertiary/aromatic N) is 1. The van der Waals surface area contributed by atoms with Crippen LogP contribution in [0.3, 0.4) is 0 Å². The number of halogens is 2. The zero-order chi connectivity index (χ0) is 17.8. The second-order valence-electron chi connectivity index (χ2n) is 5.25. The van der Waals surface area contributed by atoms with Crippen molar-refractivity contribution in [3.05, 3.63) is 48.5 Å². The number of carbonyl (C=O) groups is 1. The predicted octanol–water partition coefficient (Wildman–Crippen LogP) is 3.32. The van der Waals surface area contributed by atoms with Crippen LogP contribution >= 0.6 is 11.8 Å². The van der Waals surface area contributed by atoms with Crippen LogP contribution in [0.4, 0.5) is 14.5 Å². The summed E-state index contributed by atoms with van der Waals surface area (Å²) in [5, 5.41) is 3.59. The molecule has 2 aromatic carbocycles. The lowest BCUT2D eigenvalue weighted by Crippen LogP contribution is -2.29. The Kier molecular flexibility index (Phi) is 5.18. The van der Waals surface area contributed by atoms with Gasteiger partial charge in [-0.1, -0.05) is 12.1 Å². The third kappa shape index (κ3) is 4.27. The summed E-state index contributed by atoms with van der Waals surface area (Å²) >= 11 is 1.38. The second-order valence-corrected chi connectivity index (χ2v) is 6.21. The number of hydrogen-bond acceptors (Lipinski definition) is 3. The van der Waals surface area contributed by atoms with Crippen molar-refractivity contribution in [2.45, 2.75) is 11.8 Å². The largest absolute Gasteiger partial charge is 0.435 e. The second kappa shape index (κ2) is 7.52. The maximum absolute atomic E-state index is 12.1. The monoisotopic (exact) mass is 364 g/mol. The van der Waals surface area contributed by atoms with Crippen LogP contribution in [0.15, 0.2) is 53.7 Å². The van der Waals surface area contributed by atoms with Gasteiger partial charge >= 0.3 is 11.8 Å². The minimum absolute atomic E-state index is 0.0486. The fourth-order valence-corrected chi connectivity index (χ4v) is 3.18. The number of thioether (sulfide) groups is 1. The van der Waals surface area contributed by atoms with Gasteiger partial charge in [-0.05, 0) is 48.2 Å². The van der Waals surface area contributed by atoms with Crippen molar-refractivity contribution in [3.63, 3.8) is 0 Å². The maximum atomic E-state index is 12.1. The molecule has 0 bridgehead atoms. The molecule has 0 saturated heterocycles. The van der Waals surface area contributed by atoms with E-state index in [0.717, 1.165) is 16.2 Å². The average Bonchev–Trinajstić information content (AvgIpc) is 2.91. The molecule has 0 saturated carbocycles. The number of carbonyl (C=O) groups excluding carboxylic acids is 1. The Morgan fingerprint density at radius 1 is 1.24 bits per heavy atom. The summed E-state index contributed by atoms with van der Waals surface area (Å²) in [4.78, 5) is 15.3. The van der Waals surface area contributed by atoms with Crippen molar-refractivity contribution >= 4 is 34.4 Å². The molecule has 1 heterocycles. The lowest BCUT2D eigenvalue weighted by atomic mass is 10.3. The smallest absolute Gasteiger partial charge is 0.387 e. The van der Waals surface area contributed by atoms with Crippen molar-refractivity contribution in [1.29, 1.82) is 0 Å². The van der Waals surface area contributed by atoms with Crippen molar-refractivity contribution in [1.82, 2.24) is 4.98 Å². The van der Waals surface area contributed by atoms with E-state index in [0.29, 0.717) is 5.69 Å². The topological polar surface area (TPSA) is 58.0 Å². The van der Waals surface area contributed by atoms with E-state index < -0.39 is 6.61 Å². The zero-order valence-electron chi connectivity index (χ0n) is 13.3. The molecule has 0 aliphatic heterocycles. The number of aromatic amines is 1. The molecule has 8 heteroatoms. The molecule has 5 nitrogen and oxygen atoms in total. The Morgan fingerprint density at radius 2 is 1.96 bits per heavy atom. The molecule has 0 radical (unpaired) electrons. The predicted molar refractivity (Wildman–Crippen MR) is 91.9 cm³/mol. The molecule has 0 unspecified atom stereocenters. The molecular weight excluding hydrogens is 348 g/mol. The van der Waals surface area contributed by atoms with Crippen LogP contribution < -0.4 is 14.6 Å². The van der Waals surface area contributed by atoms with Crippen LogP contribution in [0.1, 0.15) is 0 Å². The highest BCUT2D eigenvalue weighted by atomic mass is 32.2. The molecule has 1 aromatic heterocycles. The highest BCUT2D eigenvalue weighted by molar-refractivity contribution is 7.99. The lowest BCUT2D eigenvalue weighted by Gasteiger charge is -2.07. The molecule has 2 N–H and O–H groups in total.